The van der Waals surface area contributed by atoms with E-state index in [1.54, 1.807) is 36.2 Å². The Morgan fingerprint density at radius 1 is 1.11 bits per heavy atom. The second-order valence-corrected chi connectivity index (χ2v) is 4.56. The smallest absolute Gasteiger partial charge is 0.347 e. The highest BCUT2D eigenvalue weighted by Crippen LogP contribution is 2.26. The van der Waals surface area contributed by atoms with Gasteiger partial charge in [0.2, 0.25) is 0 Å². The van der Waals surface area contributed by atoms with E-state index in [4.69, 9.17) is 4.74 Å². The maximum atomic E-state index is 11.5. The van der Waals surface area contributed by atoms with Gasteiger partial charge in [0.25, 0.3) is 0 Å². The lowest BCUT2D eigenvalue weighted by molar-refractivity contribution is 0.0800. The molecule has 0 aliphatic rings. The Kier molecular flexibility index (Phi) is 4.42. The number of carbonyl (C=O) groups is 1. The molecule has 98 valence electrons. The summed E-state index contributed by atoms with van der Waals surface area (Å²) in [5.41, 5.74) is 3.77. The molecule has 0 atom stereocenters. The fourth-order valence-electron chi connectivity index (χ4n) is 1.93. The molecule has 0 unspecified atom stereocenters. The number of aryl methyl sites for hydroxylation is 1. The average Bonchev–Trinajstić information content (AvgIpc) is 2.46. The zero-order valence-electron chi connectivity index (χ0n) is 10.6. The molecule has 0 fully saturated rings. The van der Waals surface area contributed by atoms with Gasteiger partial charge in [0.1, 0.15) is 5.75 Å². The summed E-state index contributed by atoms with van der Waals surface area (Å²) in [7, 11) is 1.64. The molecule has 0 heterocycles. The zero-order chi connectivity index (χ0) is 13.8. The van der Waals surface area contributed by atoms with Gasteiger partial charge in [-0.25, -0.2) is 4.79 Å². The highest BCUT2D eigenvalue weighted by molar-refractivity contribution is 14.1. The SMILES string of the molecule is COc1ccc(-c2ccc(C(=O)OI)cc2C)cc1. The largest absolute Gasteiger partial charge is 0.497 e. The van der Waals surface area contributed by atoms with E-state index < -0.39 is 0 Å². The van der Waals surface area contributed by atoms with E-state index in [0.29, 0.717) is 5.56 Å². The molecule has 0 saturated carbocycles. The summed E-state index contributed by atoms with van der Waals surface area (Å²) in [4.78, 5) is 11.5. The lowest BCUT2D eigenvalue weighted by Crippen LogP contribution is -1.98. The average molecular weight is 368 g/mol. The van der Waals surface area contributed by atoms with Gasteiger partial charge in [-0.3, -0.25) is 0 Å². The van der Waals surface area contributed by atoms with Crippen LogP contribution in [0.15, 0.2) is 42.5 Å². The van der Waals surface area contributed by atoms with Crippen molar-refractivity contribution in [2.45, 2.75) is 6.92 Å². The zero-order valence-corrected chi connectivity index (χ0v) is 12.8. The van der Waals surface area contributed by atoms with Crippen molar-refractivity contribution in [1.82, 2.24) is 0 Å². The van der Waals surface area contributed by atoms with E-state index in [1.165, 1.54) is 0 Å². The van der Waals surface area contributed by atoms with E-state index in [2.05, 4.69) is 3.07 Å². The van der Waals surface area contributed by atoms with Crippen LogP contribution in [0.4, 0.5) is 0 Å². The molecule has 0 amide bonds. The van der Waals surface area contributed by atoms with Gasteiger partial charge in [-0.15, -0.1) is 0 Å². The van der Waals surface area contributed by atoms with E-state index in [1.807, 2.05) is 43.3 Å². The third-order valence-electron chi connectivity index (χ3n) is 2.93. The number of halogens is 1. The maximum absolute atomic E-state index is 11.5. The van der Waals surface area contributed by atoms with Crippen molar-refractivity contribution in [3.63, 3.8) is 0 Å². The Morgan fingerprint density at radius 3 is 2.32 bits per heavy atom. The molecule has 19 heavy (non-hydrogen) atoms. The summed E-state index contributed by atoms with van der Waals surface area (Å²) in [6.45, 7) is 1.98. The number of hydrogen-bond acceptors (Lipinski definition) is 3. The first-order valence-electron chi connectivity index (χ1n) is 5.73. The lowest BCUT2D eigenvalue weighted by atomic mass is 9.98. The quantitative estimate of drug-likeness (QED) is 0.763. The van der Waals surface area contributed by atoms with Crippen LogP contribution in [0.5, 0.6) is 5.75 Å². The Hall–Kier alpha value is -1.56. The molecule has 3 nitrogen and oxygen atoms in total. The Balaban J connectivity index is 2.37. The number of benzene rings is 2. The minimum Gasteiger partial charge on any atom is -0.497 e. The minimum absolute atomic E-state index is 0.329. The predicted molar refractivity (Wildman–Crippen MR) is 82.6 cm³/mol. The van der Waals surface area contributed by atoms with Crippen LogP contribution in [0.1, 0.15) is 15.9 Å². The van der Waals surface area contributed by atoms with Crippen molar-refractivity contribution < 1.29 is 12.6 Å². The van der Waals surface area contributed by atoms with Gasteiger partial charge >= 0.3 is 5.97 Å². The van der Waals surface area contributed by atoms with Crippen molar-refractivity contribution in [2.24, 2.45) is 0 Å². The van der Waals surface area contributed by atoms with Crippen molar-refractivity contribution in [3.8, 4) is 16.9 Å². The molecule has 0 aliphatic carbocycles. The molecule has 0 N–H and O–H groups in total. The van der Waals surface area contributed by atoms with Crippen molar-refractivity contribution in [2.75, 3.05) is 7.11 Å². The van der Waals surface area contributed by atoms with E-state index in [-0.39, 0.29) is 5.97 Å². The molecule has 4 heteroatoms. The fraction of sp³-hybridized carbons (Fsp3) is 0.133. The third-order valence-corrected chi connectivity index (χ3v) is 3.33. The van der Waals surface area contributed by atoms with Gasteiger partial charge in [0.05, 0.1) is 12.7 Å². The Morgan fingerprint density at radius 2 is 1.79 bits per heavy atom. The maximum Gasteiger partial charge on any atom is 0.347 e. The molecule has 0 spiro atoms. The van der Waals surface area contributed by atoms with Gasteiger partial charge in [-0.05, 0) is 47.9 Å². The number of ether oxygens (including phenoxy) is 1. The molecule has 0 radical (unpaired) electrons. The number of carbonyl (C=O) groups excluding carboxylic acids is 1. The summed E-state index contributed by atoms with van der Waals surface area (Å²) >= 11 is 1.59. The molecule has 0 aromatic heterocycles. The predicted octanol–water partition coefficient (Wildman–Crippen LogP) is 4.18. The molecule has 2 aromatic carbocycles. The van der Waals surface area contributed by atoms with Gasteiger partial charge in [0.15, 0.2) is 23.0 Å². The third kappa shape index (κ3) is 3.07. The van der Waals surface area contributed by atoms with E-state index in [9.17, 15) is 4.79 Å². The Bertz CT molecular complexity index is 591. The van der Waals surface area contributed by atoms with Crippen LogP contribution in [0.2, 0.25) is 0 Å². The highest BCUT2D eigenvalue weighted by Gasteiger charge is 2.09. The summed E-state index contributed by atoms with van der Waals surface area (Å²) in [6, 6.07) is 13.4. The van der Waals surface area contributed by atoms with Gasteiger partial charge < -0.3 is 7.80 Å². The van der Waals surface area contributed by atoms with Gasteiger partial charge in [0, 0.05) is 0 Å². The number of methoxy groups -OCH3 is 1. The normalized spacial score (nSPS) is 10.1. The molecule has 0 aliphatic heterocycles. The summed E-state index contributed by atoms with van der Waals surface area (Å²) in [5.74, 6) is 0.497. The van der Waals surface area contributed by atoms with E-state index in [0.717, 1.165) is 22.4 Å². The standard InChI is InChI=1S/C15H13IO3/c1-10-9-12(15(17)19-16)5-8-14(10)11-3-6-13(18-2)7-4-11/h3-9H,1-2H3. The van der Waals surface area contributed by atoms with Crippen molar-refractivity contribution >= 4 is 29.0 Å². The van der Waals surface area contributed by atoms with Crippen LogP contribution >= 0.6 is 23.0 Å². The molecule has 2 rings (SSSR count). The highest BCUT2D eigenvalue weighted by atomic mass is 127. The summed E-state index contributed by atoms with van der Waals surface area (Å²) in [5, 5.41) is 0. The van der Waals surface area contributed by atoms with Gasteiger partial charge in [-0.2, -0.15) is 0 Å². The number of hydrogen-bond donors (Lipinski definition) is 0. The van der Waals surface area contributed by atoms with Crippen molar-refractivity contribution in [1.29, 1.82) is 0 Å². The van der Waals surface area contributed by atoms with Crippen LogP contribution in [0, 0.1) is 6.92 Å². The van der Waals surface area contributed by atoms with Crippen LogP contribution in [0.25, 0.3) is 11.1 Å². The Labute approximate surface area is 126 Å². The van der Waals surface area contributed by atoms with Crippen molar-refractivity contribution in [3.05, 3.63) is 53.6 Å². The molecule has 0 bridgehead atoms. The summed E-state index contributed by atoms with van der Waals surface area (Å²) < 4.78 is 9.82. The second-order valence-electron chi connectivity index (χ2n) is 4.12. The lowest BCUT2D eigenvalue weighted by Gasteiger charge is -2.08. The van der Waals surface area contributed by atoms with Crippen LogP contribution in [-0.4, -0.2) is 13.1 Å². The minimum atomic E-state index is -0.329. The molecular weight excluding hydrogens is 355 g/mol. The fourth-order valence-corrected chi connectivity index (χ4v) is 2.18. The first kappa shape index (κ1) is 13.9. The molecular formula is C15H13IO3. The van der Waals surface area contributed by atoms with Crippen LogP contribution in [-0.2, 0) is 3.07 Å². The first-order valence-corrected chi connectivity index (χ1v) is 6.62. The van der Waals surface area contributed by atoms with Crippen LogP contribution in [0.3, 0.4) is 0 Å². The topological polar surface area (TPSA) is 35.5 Å². The second kappa shape index (κ2) is 6.06. The molecule has 0 saturated heterocycles. The summed E-state index contributed by atoms with van der Waals surface area (Å²) in [6.07, 6.45) is 0. The number of rotatable bonds is 3. The van der Waals surface area contributed by atoms with E-state index >= 15 is 0 Å². The van der Waals surface area contributed by atoms with Gasteiger partial charge in [-0.1, -0.05) is 18.2 Å². The first-order chi connectivity index (χ1) is 9.15. The van der Waals surface area contributed by atoms with Crippen LogP contribution < -0.4 is 4.74 Å². The molecule has 2 aromatic rings. The monoisotopic (exact) mass is 368 g/mol.